The number of pyridine rings is 1. The highest BCUT2D eigenvalue weighted by atomic mass is 16.1. The number of unbranched alkanes of at least 4 members (excludes halogenated alkanes) is 1. The smallest absolute Gasteiger partial charge is 0.250 e. The summed E-state index contributed by atoms with van der Waals surface area (Å²) in [6, 6.07) is 6.09. The molecule has 1 aromatic rings. The standard InChI is InChI=1S/C13H20N2O/c16-13-8-1-3-10-15(13)11-4-2-9-14-12-6-5-7-12/h1,3,8,10,12,14H,2,4-7,9,11H2. The molecule has 3 nitrogen and oxygen atoms in total. The highest BCUT2D eigenvalue weighted by molar-refractivity contribution is 4.92. The van der Waals surface area contributed by atoms with Crippen molar-refractivity contribution in [3.8, 4) is 0 Å². The van der Waals surface area contributed by atoms with Crippen LogP contribution in [0, 0.1) is 0 Å². The van der Waals surface area contributed by atoms with Gasteiger partial charge in [-0.05, 0) is 38.3 Å². The van der Waals surface area contributed by atoms with Crippen molar-refractivity contribution in [1.82, 2.24) is 9.88 Å². The summed E-state index contributed by atoms with van der Waals surface area (Å²) in [5.74, 6) is 0. The molecule has 0 radical (unpaired) electrons. The first-order valence-electron chi connectivity index (χ1n) is 6.25. The lowest BCUT2D eigenvalue weighted by Crippen LogP contribution is -2.35. The molecule has 16 heavy (non-hydrogen) atoms. The molecular weight excluding hydrogens is 200 g/mol. The van der Waals surface area contributed by atoms with E-state index in [0.29, 0.717) is 0 Å². The molecule has 0 unspecified atom stereocenters. The highest BCUT2D eigenvalue weighted by Gasteiger charge is 2.15. The SMILES string of the molecule is O=c1ccccn1CCCCNC1CCC1. The molecule has 1 fully saturated rings. The summed E-state index contributed by atoms with van der Waals surface area (Å²) in [5.41, 5.74) is 0.106. The van der Waals surface area contributed by atoms with Gasteiger partial charge in [-0.25, -0.2) is 0 Å². The van der Waals surface area contributed by atoms with E-state index in [1.807, 2.05) is 12.3 Å². The summed E-state index contributed by atoms with van der Waals surface area (Å²) >= 11 is 0. The predicted molar refractivity (Wildman–Crippen MR) is 65.6 cm³/mol. The van der Waals surface area contributed by atoms with E-state index >= 15 is 0 Å². The van der Waals surface area contributed by atoms with Crippen LogP contribution in [0.15, 0.2) is 29.2 Å². The molecule has 0 amide bonds. The minimum Gasteiger partial charge on any atom is -0.316 e. The van der Waals surface area contributed by atoms with Crippen molar-refractivity contribution in [2.45, 2.75) is 44.7 Å². The average molecular weight is 220 g/mol. The molecule has 0 bridgehead atoms. The van der Waals surface area contributed by atoms with Gasteiger partial charge in [0.05, 0.1) is 0 Å². The molecule has 0 atom stereocenters. The summed E-state index contributed by atoms with van der Waals surface area (Å²) in [5, 5.41) is 3.53. The lowest BCUT2D eigenvalue weighted by molar-refractivity contribution is 0.336. The normalized spacial score (nSPS) is 16.0. The largest absolute Gasteiger partial charge is 0.316 e. The molecule has 1 N–H and O–H groups in total. The number of aromatic nitrogens is 1. The van der Waals surface area contributed by atoms with E-state index in [-0.39, 0.29) is 5.56 Å². The third-order valence-corrected chi connectivity index (χ3v) is 3.26. The minimum atomic E-state index is 0.106. The molecule has 0 spiro atoms. The van der Waals surface area contributed by atoms with Crippen molar-refractivity contribution in [1.29, 1.82) is 0 Å². The Morgan fingerprint density at radius 3 is 2.88 bits per heavy atom. The summed E-state index contributed by atoms with van der Waals surface area (Å²) in [7, 11) is 0. The van der Waals surface area contributed by atoms with Gasteiger partial charge in [-0.1, -0.05) is 12.5 Å². The van der Waals surface area contributed by atoms with Crippen molar-refractivity contribution < 1.29 is 0 Å². The Balaban J connectivity index is 1.60. The third kappa shape index (κ3) is 3.20. The monoisotopic (exact) mass is 220 g/mol. The Bertz CT molecular complexity index is 368. The van der Waals surface area contributed by atoms with E-state index in [1.165, 1.54) is 19.3 Å². The van der Waals surface area contributed by atoms with Crippen molar-refractivity contribution in [3.05, 3.63) is 34.7 Å². The molecule has 1 aliphatic rings. The van der Waals surface area contributed by atoms with Crippen molar-refractivity contribution in [3.63, 3.8) is 0 Å². The van der Waals surface area contributed by atoms with Crippen LogP contribution in [-0.4, -0.2) is 17.2 Å². The van der Waals surface area contributed by atoms with Crippen LogP contribution in [0.3, 0.4) is 0 Å². The van der Waals surface area contributed by atoms with Gasteiger partial charge in [0.25, 0.3) is 0 Å². The van der Waals surface area contributed by atoms with E-state index in [4.69, 9.17) is 0 Å². The summed E-state index contributed by atoms with van der Waals surface area (Å²) in [6.45, 7) is 1.93. The van der Waals surface area contributed by atoms with Crippen LogP contribution in [0.25, 0.3) is 0 Å². The fourth-order valence-corrected chi connectivity index (χ4v) is 1.97. The first-order chi connectivity index (χ1) is 7.86. The van der Waals surface area contributed by atoms with Crippen molar-refractivity contribution in [2.75, 3.05) is 6.54 Å². The van der Waals surface area contributed by atoms with Crippen LogP contribution in [0.2, 0.25) is 0 Å². The Kier molecular flexibility index (Phi) is 4.17. The topological polar surface area (TPSA) is 34.0 Å². The van der Waals surface area contributed by atoms with Gasteiger partial charge in [0.15, 0.2) is 0 Å². The molecule has 1 aliphatic carbocycles. The van der Waals surface area contributed by atoms with Gasteiger partial charge >= 0.3 is 0 Å². The number of rotatable bonds is 6. The molecule has 0 aromatic carbocycles. The van der Waals surface area contributed by atoms with E-state index in [9.17, 15) is 4.79 Å². The summed E-state index contributed by atoms with van der Waals surface area (Å²) in [6.07, 6.45) is 8.16. The van der Waals surface area contributed by atoms with Crippen LogP contribution < -0.4 is 10.9 Å². The van der Waals surface area contributed by atoms with Gasteiger partial charge in [0, 0.05) is 24.8 Å². The van der Waals surface area contributed by atoms with Gasteiger partial charge in [-0.15, -0.1) is 0 Å². The Labute approximate surface area is 96.5 Å². The second-order valence-corrected chi connectivity index (χ2v) is 4.52. The number of aryl methyl sites for hydroxylation is 1. The van der Waals surface area contributed by atoms with Crippen LogP contribution in [-0.2, 0) is 6.54 Å². The first kappa shape index (κ1) is 11.4. The molecule has 1 aromatic heterocycles. The number of nitrogens with zero attached hydrogens (tertiary/aromatic N) is 1. The van der Waals surface area contributed by atoms with Crippen LogP contribution in [0.5, 0.6) is 0 Å². The maximum Gasteiger partial charge on any atom is 0.250 e. The molecule has 0 aliphatic heterocycles. The fourth-order valence-electron chi connectivity index (χ4n) is 1.97. The zero-order valence-corrected chi connectivity index (χ0v) is 9.69. The number of nitrogens with one attached hydrogen (secondary N) is 1. The third-order valence-electron chi connectivity index (χ3n) is 3.26. The Hall–Kier alpha value is -1.09. The summed E-state index contributed by atoms with van der Waals surface area (Å²) < 4.78 is 1.78. The first-order valence-corrected chi connectivity index (χ1v) is 6.25. The van der Waals surface area contributed by atoms with E-state index in [2.05, 4.69) is 5.32 Å². The molecule has 88 valence electrons. The molecule has 1 heterocycles. The number of hydrogen-bond donors (Lipinski definition) is 1. The molecular formula is C13H20N2O. The maximum atomic E-state index is 11.4. The van der Waals surface area contributed by atoms with Gasteiger partial charge in [-0.2, -0.15) is 0 Å². The van der Waals surface area contributed by atoms with Gasteiger partial charge < -0.3 is 9.88 Å². The van der Waals surface area contributed by atoms with E-state index in [0.717, 1.165) is 32.0 Å². The van der Waals surface area contributed by atoms with Gasteiger partial charge in [0.1, 0.15) is 0 Å². The second kappa shape index (κ2) is 5.85. The van der Waals surface area contributed by atoms with Crippen LogP contribution >= 0.6 is 0 Å². The van der Waals surface area contributed by atoms with E-state index < -0.39 is 0 Å². The molecule has 3 heteroatoms. The Morgan fingerprint density at radius 1 is 1.31 bits per heavy atom. The van der Waals surface area contributed by atoms with Gasteiger partial charge in [0.2, 0.25) is 5.56 Å². The Morgan fingerprint density at radius 2 is 2.19 bits per heavy atom. The van der Waals surface area contributed by atoms with Gasteiger partial charge in [-0.3, -0.25) is 4.79 Å². The lowest BCUT2D eigenvalue weighted by atomic mass is 9.93. The van der Waals surface area contributed by atoms with Crippen molar-refractivity contribution in [2.24, 2.45) is 0 Å². The molecule has 0 saturated heterocycles. The lowest BCUT2D eigenvalue weighted by Gasteiger charge is -2.26. The zero-order chi connectivity index (χ0) is 11.2. The average Bonchev–Trinajstić information content (AvgIpc) is 2.23. The molecule has 2 rings (SSSR count). The second-order valence-electron chi connectivity index (χ2n) is 4.52. The molecule has 1 saturated carbocycles. The maximum absolute atomic E-state index is 11.4. The minimum absolute atomic E-state index is 0.106. The van der Waals surface area contributed by atoms with Crippen LogP contribution in [0.1, 0.15) is 32.1 Å². The number of hydrogen-bond acceptors (Lipinski definition) is 2. The highest BCUT2D eigenvalue weighted by Crippen LogP contribution is 2.17. The van der Waals surface area contributed by atoms with Crippen LogP contribution in [0.4, 0.5) is 0 Å². The zero-order valence-electron chi connectivity index (χ0n) is 9.69. The van der Waals surface area contributed by atoms with Crippen molar-refractivity contribution >= 4 is 0 Å². The quantitative estimate of drug-likeness (QED) is 0.741. The fraction of sp³-hybridized carbons (Fsp3) is 0.615. The summed E-state index contributed by atoms with van der Waals surface area (Å²) in [4.78, 5) is 11.4. The predicted octanol–water partition coefficient (Wildman–Crippen LogP) is 1.77. The van der Waals surface area contributed by atoms with E-state index in [1.54, 1.807) is 16.7 Å².